The fraction of sp³-hybridized carbons (Fsp3) is 0.714. The molecule has 1 aromatic rings. The maximum atomic E-state index is 11.8. The number of rotatable bonds is 6. The van der Waals surface area contributed by atoms with Crippen LogP contribution in [0, 0.1) is 0 Å². The number of nitrogens with one attached hydrogen (secondary N) is 3. The van der Waals surface area contributed by atoms with E-state index in [0.717, 1.165) is 31.5 Å². The van der Waals surface area contributed by atoms with E-state index in [1.807, 2.05) is 5.38 Å². The number of carbonyl (C=O) groups is 1. The van der Waals surface area contributed by atoms with Crippen molar-refractivity contribution in [3.8, 4) is 0 Å². The van der Waals surface area contributed by atoms with Crippen LogP contribution in [0.3, 0.4) is 0 Å². The monoisotopic (exact) mass is 296 g/mol. The summed E-state index contributed by atoms with van der Waals surface area (Å²) in [5, 5.41) is 11.9. The van der Waals surface area contributed by atoms with Crippen molar-refractivity contribution in [2.24, 2.45) is 0 Å². The number of amides is 2. The summed E-state index contributed by atoms with van der Waals surface area (Å²) in [5.41, 5.74) is 0.986. The van der Waals surface area contributed by atoms with Crippen molar-refractivity contribution in [2.45, 2.75) is 58.0 Å². The number of nitrogens with zero attached hydrogens (tertiary/aromatic N) is 1. The normalized spacial score (nSPS) is 17.1. The summed E-state index contributed by atoms with van der Waals surface area (Å²) in [6, 6.07) is 0.422. The summed E-state index contributed by atoms with van der Waals surface area (Å²) >= 11 is 1.47. The topological polar surface area (TPSA) is 66.0 Å². The lowest BCUT2D eigenvalue weighted by molar-refractivity contribution is 0.248. The van der Waals surface area contributed by atoms with Crippen LogP contribution in [0.15, 0.2) is 5.38 Å². The molecule has 6 heteroatoms. The Morgan fingerprint density at radius 2 is 2.25 bits per heavy atom. The van der Waals surface area contributed by atoms with Crippen molar-refractivity contribution < 1.29 is 4.79 Å². The van der Waals surface area contributed by atoms with E-state index < -0.39 is 0 Å². The largest absolute Gasteiger partial charge is 0.335 e. The zero-order valence-electron chi connectivity index (χ0n) is 12.2. The quantitative estimate of drug-likeness (QED) is 0.755. The molecule has 1 atom stereocenters. The van der Waals surface area contributed by atoms with Gasteiger partial charge in [0.05, 0.1) is 5.69 Å². The molecule has 0 radical (unpaired) electrons. The molecule has 20 heavy (non-hydrogen) atoms. The highest BCUT2D eigenvalue weighted by molar-refractivity contribution is 7.13. The fourth-order valence-electron chi connectivity index (χ4n) is 2.40. The van der Waals surface area contributed by atoms with Crippen molar-refractivity contribution in [1.82, 2.24) is 15.6 Å². The molecule has 2 rings (SSSR count). The predicted molar refractivity (Wildman–Crippen MR) is 83.2 cm³/mol. The first kappa shape index (κ1) is 15.3. The average molecular weight is 296 g/mol. The molecule has 0 spiro atoms. The number of aromatic nitrogens is 1. The Balaban J connectivity index is 1.80. The van der Waals surface area contributed by atoms with Crippen LogP contribution in [0.25, 0.3) is 0 Å². The summed E-state index contributed by atoms with van der Waals surface area (Å²) in [7, 11) is 0. The lowest BCUT2D eigenvalue weighted by Crippen LogP contribution is -2.36. The Morgan fingerprint density at radius 1 is 1.50 bits per heavy atom. The van der Waals surface area contributed by atoms with Crippen LogP contribution >= 0.6 is 11.3 Å². The highest BCUT2D eigenvalue weighted by Crippen LogP contribution is 2.21. The fourth-order valence-corrected chi connectivity index (χ4v) is 3.20. The number of hydrogen-bond acceptors (Lipinski definition) is 4. The second kappa shape index (κ2) is 7.59. The number of hydrogen-bond donors (Lipinski definition) is 3. The van der Waals surface area contributed by atoms with Crippen molar-refractivity contribution >= 4 is 22.5 Å². The molecule has 0 aromatic carbocycles. The van der Waals surface area contributed by atoms with Crippen LogP contribution in [0.2, 0.25) is 0 Å². The summed E-state index contributed by atoms with van der Waals surface area (Å²) in [6.07, 6.45) is 5.71. The van der Waals surface area contributed by atoms with Crippen LogP contribution in [0.1, 0.15) is 57.7 Å². The molecular weight excluding hydrogens is 272 g/mol. The van der Waals surface area contributed by atoms with E-state index in [1.54, 1.807) is 0 Å². The molecule has 2 amide bonds. The molecule has 3 N–H and O–H groups in total. The Morgan fingerprint density at radius 3 is 2.95 bits per heavy atom. The summed E-state index contributed by atoms with van der Waals surface area (Å²) in [6.45, 7) is 5.21. The first-order valence-corrected chi connectivity index (χ1v) is 8.33. The molecule has 0 aliphatic heterocycles. The van der Waals surface area contributed by atoms with E-state index in [0.29, 0.717) is 11.2 Å². The van der Waals surface area contributed by atoms with Gasteiger partial charge in [-0.3, -0.25) is 5.32 Å². The highest BCUT2D eigenvalue weighted by atomic mass is 32.1. The van der Waals surface area contributed by atoms with E-state index in [9.17, 15) is 4.79 Å². The van der Waals surface area contributed by atoms with Crippen LogP contribution in [-0.2, 0) is 0 Å². The maximum Gasteiger partial charge on any atom is 0.321 e. The number of anilines is 1. The average Bonchev–Trinajstić information content (AvgIpc) is 3.07. The van der Waals surface area contributed by atoms with Gasteiger partial charge >= 0.3 is 6.03 Å². The van der Waals surface area contributed by atoms with Gasteiger partial charge in [0.25, 0.3) is 0 Å². The Kier molecular flexibility index (Phi) is 5.79. The molecule has 1 heterocycles. The van der Waals surface area contributed by atoms with Crippen molar-refractivity contribution in [3.05, 3.63) is 11.1 Å². The third-order valence-electron chi connectivity index (χ3n) is 3.58. The first-order chi connectivity index (χ1) is 9.69. The van der Waals surface area contributed by atoms with E-state index in [-0.39, 0.29) is 12.1 Å². The molecule has 0 bridgehead atoms. The Hall–Kier alpha value is -1.14. The third-order valence-corrected chi connectivity index (χ3v) is 4.35. The van der Waals surface area contributed by atoms with E-state index in [4.69, 9.17) is 0 Å². The number of thiazole rings is 1. The zero-order chi connectivity index (χ0) is 14.4. The molecule has 5 nitrogen and oxygen atoms in total. The van der Waals surface area contributed by atoms with Gasteiger partial charge in [-0.05, 0) is 32.7 Å². The minimum absolute atomic E-state index is 0.132. The summed E-state index contributed by atoms with van der Waals surface area (Å²) in [4.78, 5) is 16.3. The molecule has 0 saturated heterocycles. The van der Waals surface area contributed by atoms with Gasteiger partial charge < -0.3 is 10.6 Å². The molecular formula is C14H24N4OS. The molecule has 1 aliphatic rings. The Labute approximate surface area is 124 Å². The predicted octanol–water partition coefficient (Wildman–Crippen LogP) is 3.27. The van der Waals surface area contributed by atoms with Gasteiger partial charge in [0, 0.05) is 17.5 Å². The molecule has 1 saturated carbocycles. The van der Waals surface area contributed by atoms with Crippen molar-refractivity contribution in [1.29, 1.82) is 0 Å². The molecule has 1 aromatic heterocycles. The standard InChI is InChI=1S/C14H24N4OS/c1-3-8-15-10(2)12-9-20-14(17-12)18-13(19)16-11-6-4-5-7-11/h9-11,15H,3-8H2,1-2H3,(H2,16,17,18,19). The minimum Gasteiger partial charge on any atom is -0.335 e. The molecule has 1 aliphatic carbocycles. The van der Waals surface area contributed by atoms with Gasteiger partial charge in [0.1, 0.15) is 0 Å². The third kappa shape index (κ3) is 4.45. The van der Waals surface area contributed by atoms with Crippen LogP contribution < -0.4 is 16.0 Å². The van der Waals surface area contributed by atoms with Crippen LogP contribution in [-0.4, -0.2) is 23.6 Å². The molecule has 112 valence electrons. The highest BCUT2D eigenvalue weighted by Gasteiger charge is 2.18. The maximum absolute atomic E-state index is 11.8. The lowest BCUT2D eigenvalue weighted by atomic mass is 10.2. The van der Waals surface area contributed by atoms with Gasteiger partial charge in [0.2, 0.25) is 0 Å². The lowest BCUT2D eigenvalue weighted by Gasteiger charge is -2.12. The smallest absolute Gasteiger partial charge is 0.321 e. The van der Waals surface area contributed by atoms with Gasteiger partial charge in [-0.25, -0.2) is 9.78 Å². The van der Waals surface area contributed by atoms with Gasteiger partial charge in [0.15, 0.2) is 5.13 Å². The SMILES string of the molecule is CCCNC(C)c1csc(NC(=O)NC2CCCC2)n1. The van der Waals surface area contributed by atoms with E-state index >= 15 is 0 Å². The van der Waals surface area contributed by atoms with Crippen molar-refractivity contribution in [2.75, 3.05) is 11.9 Å². The first-order valence-electron chi connectivity index (χ1n) is 7.45. The number of urea groups is 1. The second-order valence-corrected chi connectivity index (χ2v) is 6.19. The summed E-state index contributed by atoms with van der Waals surface area (Å²) in [5.74, 6) is 0. The zero-order valence-corrected chi connectivity index (χ0v) is 13.1. The van der Waals surface area contributed by atoms with Gasteiger partial charge in [-0.2, -0.15) is 0 Å². The summed E-state index contributed by atoms with van der Waals surface area (Å²) < 4.78 is 0. The molecule has 1 fully saturated rings. The van der Waals surface area contributed by atoms with Crippen LogP contribution in [0.4, 0.5) is 9.93 Å². The van der Waals surface area contributed by atoms with Gasteiger partial charge in [-0.15, -0.1) is 11.3 Å². The van der Waals surface area contributed by atoms with E-state index in [2.05, 4.69) is 34.8 Å². The van der Waals surface area contributed by atoms with Gasteiger partial charge in [-0.1, -0.05) is 19.8 Å². The second-order valence-electron chi connectivity index (χ2n) is 5.33. The van der Waals surface area contributed by atoms with E-state index in [1.165, 1.54) is 24.2 Å². The van der Waals surface area contributed by atoms with Crippen molar-refractivity contribution in [3.63, 3.8) is 0 Å². The van der Waals surface area contributed by atoms with Crippen LogP contribution in [0.5, 0.6) is 0 Å². The molecule has 1 unspecified atom stereocenters. The Bertz CT molecular complexity index is 429. The number of carbonyl (C=O) groups excluding carboxylic acids is 1. The minimum atomic E-state index is -0.132.